The molecule has 49 heavy (non-hydrogen) atoms. The first-order valence-corrected chi connectivity index (χ1v) is 16.6. The highest BCUT2D eigenvalue weighted by Crippen LogP contribution is 2.37. The molecule has 1 amide bonds. The van der Waals surface area contributed by atoms with Gasteiger partial charge < -0.3 is 32.0 Å². The van der Waals surface area contributed by atoms with Crippen molar-refractivity contribution < 1.29 is 19.1 Å². The van der Waals surface area contributed by atoms with Crippen molar-refractivity contribution in [3.63, 3.8) is 0 Å². The number of esters is 1. The fourth-order valence-corrected chi connectivity index (χ4v) is 6.21. The summed E-state index contributed by atoms with van der Waals surface area (Å²) in [6.07, 6.45) is 0.226. The average molecular weight is 764 g/mol. The number of anilines is 1. The van der Waals surface area contributed by atoms with Crippen molar-refractivity contribution in [1.29, 1.82) is 10.5 Å². The van der Waals surface area contributed by atoms with E-state index in [9.17, 15) is 20.1 Å². The molecule has 0 saturated heterocycles. The number of pyridine rings is 1. The van der Waals surface area contributed by atoms with Crippen LogP contribution in [0.3, 0.4) is 0 Å². The Labute approximate surface area is 309 Å². The van der Waals surface area contributed by atoms with E-state index >= 15 is 0 Å². The first kappa shape index (κ1) is 41.1. The maximum Gasteiger partial charge on any atom is 0.323 e. The van der Waals surface area contributed by atoms with Gasteiger partial charge >= 0.3 is 5.97 Å². The van der Waals surface area contributed by atoms with Crippen LogP contribution in [-0.4, -0.2) is 54.2 Å². The zero-order chi connectivity index (χ0) is 33.8. The van der Waals surface area contributed by atoms with Crippen LogP contribution in [0.15, 0.2) is 58.9 Å². The van der Waals surface area contributed by atoms with Gasteiger partial charge in [0.05, 0.1) is 11.3 Å². The molecule has 0 aliphatic heterocycles. The van der Waals surface area contributed by atoms with Gasteiger partial charge in [-0.05, 0) is 36.2 Å². The fraction of sp³-hybridized carbons (Fsp3) is 0.250. The molecule has 2 aromatic carbocycles. The van der Waals surface area contributed by atoms with Gasteiger partial charge in [0.2, 0.25) is 5.91 Å². The number of amides is 1. The number of nitrogens with two attached hydrogens (primary N) is 3. The number of nitrogens with zero attached hydrogens (tertiary/aromatic N) is 4. The predicted molar refractivity (Wildman–Crippen MR) is 196 cm³/mol. The Morgan fingerprint density at radius 1 is 1.00 bits per heavy atom. The van der Waals surface area contributed by atoms with Gasteiger partial charge in [-0.3, -0.25) is 9.59 Å². The highest BCUT2D eigenvalue weighted by atomic mass is 35.5. The number of aromatic nitrogens is 2. The Bertz CT molecular complexity index is 1800. The molecule has 0 fully saturated rings. The highest BCUT2D eigenvalue weighted by molar-refractivity contribution is 7.98. The number of nitrogen functional groups attached to an aromatic ring is 1. The van der Waals surface area contributed by atoms with E-state index in [0.717, 1.165) is 16.3 Å². The van der Waals surface area contributed by atoms with E-state index < -0.39 is 12.0 Å². The van der Waals surface area contributed by atoms with Crippen molar-refractivity contribution >= 4 is 77.2 Å². The Balaban J connectivity index is 0.00000417. The summed E-state index contributed by atoms with van der Waals surface area (Å²) in [6, 6.07) is 17.5. The van der Waals surface area contributed by atoms with E-state index in [2.05, 4.69) is 22.4 Å². The van der Waals surface area contributed by atoms with Crippen LogP contribution in [0, 0.1) is 22.7 Å². The summed E-state index contributed by atoms with van der Waals surface area (Å²) in [4.78, 5) is 32.8. The molecule has 0 aliphatic rings. The number of hydrogen-bond donors (Lipinski definition) is 4. The molecular weight excluding hydrogens is 731 g/mol. The van der Waals surface area contributed by atoms with E-state index in [1.165, 1.54) is 23.1 Å². The summed E-state index contributed by atoms with van der Waals surface area (Å²) in [7, 11) is 0. The smallest absolute Gasteiger partial charge is 0.323 e. The Morgan fingerprint density at radius 2 is 1.67 bits per heavy atom. The van der Waals surface area contributed by atoms with Crippen LogP contribution in [0.25, 0.3) is 21.7 Å². The van der Waals surface area contributed by atoms with Gasteiger partial charge in [0.25, 0.3) is 0 Å². The van der Waals surface area contributed by atoms with Gasteiger partial charge in [-0.15, -0.1) is 36.2 Å². The van der Waals surface area contributed by atoms with Crippen molar-refractivity contribution in [3.8, 4) is 39.6 Å². The summed E-state index contributed by atoms with van der Waals surface area (Å²) in [6.45, 7) is 0.687. The number of carbonyl (C=O) groups excluding carboxylic acids is 2. The normalized spacial score (nSPS) is 10.8. The van der Waals surface area contributed by atoms with Crippen LogP contribution >= 0.6 is 59.5 Å². The molecule has 0 saturated carbocycles. The molecule has 0 unspecified atom stereocenters. The van der Waals surface area contributed by atoms with Crippen molar-refractivity contribution in [1.82, 2.24) is 15.3 Å². The third-order valence-electron chi connectivity index (χ3n) is 6.61. The molecule has 0 bridgehead atoms. The number of nitrogens with one attached hydrogen (secondary N) is 1. The van der Waals surface area contributed by atoms with Crippen LogP contribution in [0.1, 0.15) is 29.7 Å². The van der Waals surface area contributed by atoms with Gasteiger partial charge in [-0.25, -0.2) is 9.97 Å². The second-order valence-corrected chi connectivity index (χ2v) is 12.2. The molecule has 4 aromatic rings. The number of rotatable bonds is 15. The molecule has 258 valence electrons. The van der Waals surface area contributed by atoms with Gasteiger partial charge in [0, 0.05) is 46.8 Å². The van der Waals surface area contributed by atoms with Gasteiger partial charge in [-0.1, -0.05) is 47.6 Å². The van der Waals surface area contributed by atoms with Gasteiger partial charge in [0.15, 0.2) is 0 Å². The predicted octanol–water partition coefficient (Wildman–Crippen LogP) is 5.09. The van der Waals surface area contributed by atoms with E-state index in [0.29, 0.717) is 45.8 Å². The van der Waals surface area contributed by atoms with Crippen LogP contribution in [-0.2, 0) is 20.1 Å². The zero-order valence-electron chi connectivity index (χ0n) is 25.9. The van der Waals surface area contributed by atoms with Crippen LogP contribution in [0.2, 0.25) is 5.02 Å². The minimum atomic E-state index is -0.939. The Kier molecular flexibility index (Phi) is 17.1. The molecular formula is C32H33Cl3N8O4S2. The summed E-state index contributed by atoms with van der Waals surface area (Å²) in [5.41, 5.74) is 20.4. The topological polar surface area (TPSA) is 216 Å². The molecule has 2 heterocycles. The lowest BCUT2D eigenvalue weighted by Crippen LogP contribution is -2.35. The maximum absolute atomic E-state index is 12.1. The summed E-state index contributed by atoms with van der Waals surface area (Å²) >= 11 is 8.80. The molecule has 0 radical (unpaired) electrons. The number of benzene rings is 2. The Morgan fingerprint density at radius 3 is 2.33 bits per heavy atom. The van der Waals surface area contributed by atoms with Crippen LogP contribution in [0.5, 0.6) is 5.75 Å². The van der Waals surface area contributed by atoms with Gasteiger partial charge in [-0.2, -0.15) is 10.5 Å². The third-order valence-corrected chi connectivity index (χ3v) is 8.81. The lowest BCUT2D eigenvalue weighted by atomic mass is 9.97. The molecule has 2 aromatic heterocycles. The van der Waals surface area contributed by atoms with E-state index in [1.807, 2.05) is 29.6 Å². The lowest BCUT2D eigenvalue weighted by Gasteiger charge is -2.14. The van der Waals surface area contributed by atoms with Crippen LogP contribution < -0.4 is 27.3 Å². The number of nitriles is 2. The molecule has 17 heteroatoms. The standard InChI is InChI=1S/C32H31ClN8O4S2.2ClH/c33-21-5-1-20(2-6-21)30-40-22(17-46-30)18-47-31-25(16-36)28(24(15-35)29(38)41-31)19-3-7-23(8-4-19)44-13-14-45-32(43)26(37)9-10-27(42)39-12-11-34;;/h1-8,17,26H,9-14,18,34,37H2,(H2,38,41)(H,39,42);2*1H/t26-;;/m0../s1. The average Bonchev–Trinajstić information content (AvgIpc) is 3.56. The number of hydrogen-bond acceptors (Lipinski definition) is 13. The highest BCUT2D eigenvalue weighted by Gasteiger charge is 2.21. The fourth-order valence-electron chi connectivity index (χ4n) is 4.26. The SMILES string of the molecule is Cl.Cl.N#Cc1c(N)nc(SCc2csc(-c3ccc(Cl)cc3)n2)c(C#N)c1-c1ccc(OCCOC(=O)[C@@H](N)CCC(=O)NCCN)cc1. The maximum atomic E-state index is 12.1. The number of halogens is 3. The lowest BCUT2D eigenvalue weighted by molar-refractivity contribution is -0.146. The van der Waals surface area contributed by atoms with Crippen molar-refractivity contribution in [2.45, 2.75) is 29.7 Å². The number of thiazole rings is 1. The van der Waals surface area contributed by atoms with Crippen LogP contribution in [0.4, 0.5) is 5.82 Å². The third kappa shape index (κ3) is 11.5. The van der Waals surface area contributed by atoms with Crippen molar-refractivity contribution in [2.24, 2.45) is 11.5 Å². The number of ether oxygens (including phenoxy) is 2. The summed E-state index contributed by atoms with van der Waals surface area (Å²) in [5.74, 6) is 0.0474. The summed E-state index contributed by atoms with van der Waals surface area (Å²) < 4.78 is 10.8. The van der Waals surface area contributed by atoms with E-state index in [4.69, 9.17) is 43.3 Å². The van der Waals surface area contributed by atoms with E-state index in [-0.39, 0.29) is 73.7 Å². The molecule has 12 nitrogen and oxygen atoms in total. The monoisotopic (exact) mass is 762 g/mol. The quantitative estimate of drug-likeness (QED) is 0.0708. The second-order valence-electron chi connectivity index (χ2n) is 9.91. The van der Waals surface area contributed by atoms with Gasteiger partial charge in [0.1, 0.15) is 58.6 Å². The molecule has 0 spiro atoms. The second kappa shape index (κ2) is 20.4. The van der Waals surface area contributed by atoms with Crippen molar-refractivity contribution in [2.75, 3.05) is 32.0 Å². The number of thioether (sulfide) groups is 1. The zero-order valence-corrected chi connectivity index (χ0v) is 29.9. The molecule has 1 atom stereocenters. The first-order valence-electron chi connectivity index (χ1n) is 14.3. The molecule has 0 aliphatic carbocycles. The van der Waals surface area contributed by atoms with E-state index in [1.54, 1.807) is 24.3 Å². The Hall–Kier alpha value is -4.12. The minimum absolute atomic E-state index is 0. The molecule has 7 N–H and O–H groups in total. The molecule has 4 rings (SSSR count). The first-order chi connectivity index (χ1) is 22.7. The number of carbonyl (C=O) groups is 2. The van der Waals surface area contributed by atoms with Crippen molar-refractivity contribution in [3.05, 3.63) is 75.8 Å². The minimum Gasteiger partial charge on any atom is -0.490 e. The summed E-state index contributed by atoms with van der Waals surface area (Å²) in [5, 5.41) is 26.4. The largest absolute Gasteiger partial charge is 0.490 e.